The van der Waals surface area contributed by atoms with Crippen LogP contribution in [0.4, 0.5) is 0 Å². The molecule has 1 amide bonds. The highest BCUT2D eigenvalue weighted by atomic mass is 16.5. The molecular weight excluding hydrogens is 300 g/mol. The van der Waals surface area contributed by atoms with Gasteiger partial charge in [-0.05, 0) is 38.9 Å². The fraction of sp³-hybridized carbons (Fsp3) is 0.625. The summed E-state index contributed by atoms with van der Waals surface area (Å²) >= 11 is 0. The molecule has 2 heterocycles. The van der Waals surface area contributed by atoms with Gasteiger partial charge in [0.15, 0.2) is 0 Å². The van der Waals surface area contributed by atoms with Gasteiger partial charge in [0, 0.05) is 7.11 Å². The lowest BCUT2D eigenvalue weighted by Gasteiger charge is -2.35. The van der Waals surface area contributed by atoms with E-state index in [9.17, 15) is 9.59 Å². The first kappa shape index (κ1) is 17.5. The Balaban J connectivity index is 2.01. The van der Waals surface area contributed by atoms with E-state index in [-0.39, 0.29) is 12.5 Å². The van der Waals surface area contributed by atoms with Crippen LogP contribution < -0.4 is 10.6 Å². The van der Waals surface area contributed by atoms with E-state index in [2.05, 4.69) is 15.4 Å². The van der Waals surface area contributed by atoms with Crippen molar-refractivity contribution in [3.8, 4) is 0 Å². The third kappa shape index (κ3) is 3.92. The van der Waals surface area contributed by atoms with Crippen LogP contribution in [0.25, 0.3) is 0 Å². The SMILES string of the molecule is COCC1(C(=O)NCc2cc(C(=O)OC)c(C)o2)CCNCC1. The second kappa shape index (κ2) is 7.61. The van der Waals surface area contributed by atoms with Gasteiger partial charge < -0.3 is 24.5 Å². The summed E-state index contributed by atoms with van der Waals surface area (Å²) in [5, 5.41) is 6.15. The number of amides is 1. The van der Waals surface area contributed by atoms with Gasteiger partial charge in [-0.1, -0.05) is 0 Å². The third-order valence-corrected chi connectivity index (χ3v) is 4.26. The Morgan fingerprint density at radius 1 is 1.35 bits per heavy atom. The molecule has 0 saturated carbocycles. The van der Waals surface area contributed by atoms with Gasteiger partial charge in [0.05, 0.1) is 25.7 Å². The average molecular weight is 324 g/mol. The van der Waals surface area contributed by atoms with Crippen LogP contribution in [0.2, 0.25) is 0 Å². The Labute approximate surface area is 135 Å². The lowest BCUT2D eigenvalue weighted by atomic mass is 9.78. The molecule has 23 heavy (non-hydrogen) atoms. The van der Waals surface area contributed by atoms with Crippen LogP contribution in [0.5, 0.6) is 0 Å². The summed E-state index contributed by atoms with van der Waals surface area (Å²) < 4.78 is 15.5. The molecule has 0 spiro atoms. The Morgan fingerprint density at radius 2 is 2.04 bits per heavy atom. The molecule has 7 heteroatoms. The molecule has 0 aromatic carbocycles. The number of piperidine rings is 1. The first-order chi connectivity index (χ1) is 11.0. The first-order valence-corrected chi connectivity index (χ1v) is 7.68. The van der Waals surface area contributed by atoms with Crippen LogP contribution in [0.3, 0.4) is 0 Å². The maximum absolute atomic E-state index is 12.6. The zero-order valence-corrected chi connectivity index (χ0v) is 13.9. The van der Waals surface area contributed by atoms with Gasteiger partial charge in [0.1, 0.15) is 17.1 Å². The van der Waals surface area contributed by atoms with E-state index in [0.29, 0.717) is 23.7 Å². The Morgan fingerprint density at radius 3 is 2.65 bits per heavy atom. The number of methoxy groups -OCH3 is 2. The highest BCUT2D eigenvalue weighted by molar-refractivity contribution is 5.90. The van der Waals surface area contributed by atoms with Crippen molar-refractivity contribution >= 4 is 11.9 Å². The molecule has 1 aliphatic rings. The van der Waals surface area contributed by atoms with Crippen LogP contribution >= 0.6 is 0 Å². The van der Waals surface area contributed by atoms with E-state index in [0.717, 1.165) is 25.9 Å². The zero-order valence-electron chi connectivity index (χ0n) is 13.9. The lowest BCUT2D eigenvalue weighted by molar-refractivity contribution is -0.136. The van der Waals surface area contributed by atoms with Gasteiger partial charge in [-0.2, -0.15) is 0 Å². The minimum Gasteiger partial charge on any atom is -0.465 e. The fourth-order valence-electron chi connectivity index (χ4n) is 2.92. The molecule has 2 N–H and O–H groups in total. The molecule has 1 aromatic heterocycles. The van der Waals surface area contributed by atoms with E-state index in [1.165, 1.54) is 7.11 Å². The standard InChI is InChI=1S/C16H24N2O5/c1-11-13(14(19)22-3)8-12(23-11)9-18-15(20)16(10-21-2)4-6-17-7-5-16/h8,17H,4-7,9-10H2,1-3H3,(H,18,20). The number of furan rings is 1. The van der Waals surface area contributed by atoms with Crippen molar-refractivity contribution in [2.75, 3.05) is 33.9 Å². The van der Waals surface area contributed by atoms with E-state index in [1.807, 2.05) is 0 Å². The highest BCUT2D eigenvalue weighted by Crippen LogP contribution is 2.29. The van der Waals surface area contributed by atoms with Crippen LogP contribution in [0, 0.1) is 12.3 Å². The summed E-state index contributed by atoms with van der Waals surface area (Å²) in [5.74, 6) is 0.514. The molecule has 128 valence electrons. The molecule has 1 fully saturated rings. The van der Waals surface area contributed by atoms with Gasteiger partial charge in [-0.15, -0.1) is 0 Å². The van der Waals surface area contributed by atoms with Crippen molar-refractivity contribution in [2.24, 2.45) is 5.41 Å². The molecule has 7 nitrogen and oxygen atoms in total. The molecule has 0 bridgehead atoms. The van der Waals surface area contributed by atoms with E-state index >= 15 is 0 Å². The van der Waals surface area contributed by atoms with Gasteiger partial charge in [-0.3, -0.25) is 4.79 Å². The number of rotatable bonds is 6. The summed E-state index contributed by atoms with van der Waals surface area (Å²) in [4.78, 5) is 24.2. The Kier molecular flexibility index (Phi) is 5.79. The molecule has 0 radical (unpaired) electrons. The lowest BCUT2D eigenvalue weighted by Crippen LogP contribution is -2.49. The molecule has 1 aliphatic heterocycles. The minimum absolute atomic E-state index is 0.0467. The minimum atomic E-state index is -0.507. The zero-order chi connectivity index (χ0) is 16.9. The molecule has 0 aliphatic carbocycles. The maximum Gasteiger partial charge on any atom is 0.341 e. The Hall–Kier alpha value is -1.86. The Bertz CT molecular complexity index is 555. The van der Waals surface area contributed by atoms with Crippen LogP contribution in [-0.2, 0) is 20.8 Å². The number of carbonyl (C=O) groups excluding carboxylic acids is 2. The second-order valence-corrected chi connectivity index (χ2v) is 5.82. The normalized spacial score (nSPS) is 16.8. The van der Waals surface area contributed by atoms with Gasteiger partial charge >= 0.3 is 5.97 Å². The van der Waals surface area contributed by atoms with Gasteiger partial charge in [-0.25, -0.2) is 4.79 Å². The molecular formula is C16H24N2O5. The first-order valence-electron chi connectivity index (χ1n) is 7.68. The van der Waals surface area contributed by atoms with Gasteiger partial charge in [0.2, 0.25) is 5.91 Å². The smallest absolute Gasteiger partial charge is 0.341 e. The molecule has 0 atom stereocenters. The molecule has 0 unspecified atom stereocenters. The average Bonchev–Trinajstić information content (AvgIpc) is 2.94. The molecule has 2 rings (SSSR count). The van der Waals surface area contributed by atoms with Crippen LogP contribution in [0.15, 0.2) is 10.5 Å². The van der Waals surface area contributed by atoms with Crippen molar-refractivity contribution in [3.63, 3.8) is 0 Å². The fourth-order valence-corrected chi connectivity index (χ4v) is 2.92. The molecule has 1 saturated heterocycles. The van der Waals surface area contributed by atoms with Gasteiger partial charge in [0.25, 0.3) is 0 Å². The predicted octanol–water partition coefficient (Wildman–Crippen LogP) is 1.01. The molecule has 1 aromatic rings. The second-order valence-electron chi connectivity index (χ2n) is 5.82. The third-order valence-electron chi connectivity index (χ3n) is 4.26. The summed E-state index contributed by atoms with van der Waals surface area (Å²) in [6.07, 6.45) is 1.47. The summed E-state index contributed by atoms with van der Waals surface area (Å²) in [5.41, 5.74) is -0.127. The number of esters is 1. The van der Waals surface area contributed by atoms with Crippen molar-refractivity contribution in [1.29, 1.82) is 0 Å². The number of carbonyl (C=O) groups is 2. The van der Waals surface area contributed by atoms with Crippen molar-refractivity contribution in [2.45, 2.75) is 26.3 Å². The topological polar surface area (TPSA) is 89.8 Å². The summed E-state index contributed by atoms with van der Waals surface area (Å²) in [6.45, 7) is 3.91. The maximum atomic E-state index is 12.6. The predicted molar refractivity (Wildman–Crippen MR) is 83.0 cm³/mol. The van der Waals surface area contributed by atoms with Crippen LogP contribution in [-0.4, -0.2) is 45.8 Å². The van der Waals surface area contributed by atoms with E-state index in [1.54, 1.807) is 20.1 Å². The van der Waals surface area contributed by atoms with Crippen molar-refractivity contribution < 1.29 is 23.5 Å². The highest BCUT2D eigenvalue weighted by Gasteiger charge is 2.39. The number of aryl methyl sites for hydroxylation is 1. The number of hydrogen-bond acceptors (Lipinski definition) is 6. The quantitative estimate of drug-likeness (QED) is 0.759. The van der Waals surface area contributed by atoms with E-state index < -0.39 is 11.4 Å². The summed E-state index contributed by atoms with van der Waals surface area (Å²) in [7, 11) is 2.93. The monoisotopic (exact) mass is 324 g/mol. The number of nitrogens with one attached hydrogen (secondary N) is 2. The summed E-state index contributed by atoms with van der Waals surface area (Å²) in [6, 6.07) is 1.60. The van der Waals surface area contributed by atoms with Crippen LogP contribution in [0.1, 0.15) is 34.7 Å². The number of hydrogen-bond donors (Lipinski definition) is 2. The largest absolute Gasteiger partial charge is 0.465 e. The van der Waals surface area contributed by atoms with Crippen molar-refractivity contribution in [3.05, 3.63) is 23.2 Å². The van der Waals surface area contributed by atoms with E-state index in [4.69, 9.17) is 9.15 Å². The van der Waals surface area contributed by atoms with Crippen molar-refractivity contribution in [1.82, 2.24) is 10.6 Å². The number of ether oxygens (including phenoxy) is 2.